The lowest BCUT2D eigenvalue weighted by atomic mass is 10.3. The number of carbonyl (C=O) groups excluding carboxylic acids is 1. The first-order chi connectivity index (χ1) is 6.13. The minimum Gasteiger partial charge on any atom is -0.453 e. The van der Waals surface area contributed by atoms with Gasteiger partial charge in [-0.1, -0.05) is 11.6 Å². The average Bonchev–Trinajstić information content (AvgIpc) is 2.09. The Morgan fingerprint density at radius 3 is 2.85 bits per heavy atom. The van der Waals surface area contributed by atoms with E-state index in [-0.39, 0.29) is 0 Å². The van der Waals surface area contributed by atoms with Crippen molar-refractivity contribution in [2.75, 3.05) is 12.4 Å². The molecule has 13 heavy (non-hydrogen) atoms. The van der Waals surface area contributed by atoms with Gasteiger partial charge in [0.05, 0.1) is 12.8 Å². The van der Waals surface area contributed by atoms with Crippen LogP contribution in [0.5, 0.6) is 0 Å². The molecule has 0 heterocycles. The molecule has 0 aliphatic carbocycles. The molecule has 0 aromatic heterocycles. The van der Waals surface area contributed by atoms with Crippen molar-refractivity contribution in [2.45, 2.75) is 0 Å². The minimum absolute atomic E-state index is 0.486. The zero-order valence-electron chi connectivity index (χ0n) is 6.80. The van der Waals surface area contributed by atoms with Crippen molar-refractivity contribution in [2.24, 2.45) is 0 Å². The standard InChI is InChI=1S/C8H7ClINO2/c1-13-8(12)11-7-3-2-5(9)4-6(7)10/h2-4H,1H3,(H,11,12). The number of carbonyl (C=O) groups is 1. The van der Waals surface area contributed by atoms with Gasteiger partial charge >= 0.3 is 6.09 Å². The lowest BCUT2D eigenvalue weighted by Crippen LogP contribution is -2.11. The second-order valence-corrected chi connectivity index (χ2v) is 3.84. The van der Waals surface area contributed by atoms with E-state index in [0.29, 0.717) is 10.7 Å². The second-order valence-electron chi connectivity index (χ2n) is 2.24. The van der Waals surface area contributed by atoms with Gasteiger partial charge in [-0.05, 0) is 40.8 Å². The molecule has 0 fully saturated rings. The molecule has 1 amide bonds. The fourth-order valence-electron chi connectivity index (χ4n) is 0.752. The first-order valence-corrected chi connectivity index (χ1v) is 4.89. The third-order valence-electron chi connectivity index (χ3n) is 1.35. The van der Waals surface area contributed by atoms with Crippen LogP contribution in [0.2, 0.25) is 5.02 Å². The molecule has 0 radical (unpaired) electrons. The number of hydrogen-bond donors (Lipinski definition) is 1. The van der Waals surface area contributed by atoms with Crippen LogP contribution in [0.3, 0.4) is 0 Å². The quantitative estimate of drug-likeness (QED) is 0.809. The third-order valence-corrected chi connectivity index (χ3v) is 2.48. The van der Waals surface area contributed by atoms with E-state index in [4.69, 9.17) is 11.6 Å². The number of benzene rings is 1. The van der Waals surface area contributed by atoms with Gasteiger partial charge in [0.25, 0.3) is 0 Å². The van der Waals surface area contributed by atoms with Crippen molar-refractivity contribution in [1.82, 2.24) is 0 Å². The topological polar surface area (TPSA) is 38.3 Å². The van der Waals surface area contributed by atoms with Gasteiger partial charge in [-0.15, -0.1) is 0 Å². The second kappa shape index (κ2) is 4.66. The Hall–Kier alpha value is -0.490. The molecule has 0 saturated heterocycles. The molecule has 5 heteroatoms. The van der Waals surface area contributed by atoms with E-state index in [9.17, 15) is 4.79 Å². The summed E-state index contributed by atoms with van der Waals surface area (Å²) < 4.78 is 5.32. The Labute approximate surface area is 94.6 Å². The molecule has 0 unspecified atom stereocenters. The predicted octanol–water partition coefficient (Wildman–Crippen LogP) is 3.12. The molecule has 70 valence electrons. The van der Waals surface area contributed by atoms with E-state index in [1.54, 1.807) is 18.2 Å². The minimum atomic E-state index is -0.486. The molecule has 1 rings (SSSR count). The Morgan fingerprint density at radius 2 is 2.31 bits per heavy atom. The summed E-state index contributed by atoms with van der Waals surface area (Å²) in [5.41, 5.74) is 0.692. The van der Waals surface area contributed by atoms with Gasteiger partial charge in [-0.2, -0.15) is 0 Å². The van der Waals surface area contributed by atoms with E-state index in [2.05, 4.69) is 32.6 Å². The van der Waals surface area contributed by atoms with Gasteiger partial charge in [0.2, 0.25) is 0 Å². The summed E-state index contributed by atoms with van der Waals surface area (Å²) in [7, 11) is 1.32. The SMILES string of the molecule is COC(=O)Nc1ccc(Cl)cc1I. The molecule has 0 saturated carbocycles. The largest absolute Gasteiger partial charge is 0.453 e. The Bertz CT molecular complexity index is 330. The molecule has 1 aromatic carbocycles. The van der Waals surface area contributed by atoms with E-state index >= 15 is 0 Å². The number of methoxy groups -OCH3 is 1. The average molecular weight is 312 g/mol. The van der Waals surface area contributed by atoms with E-state index in [0.717, 1.165) is 3.57 Å². The van der Waals surface area contributed by atoms with Gasteiger partial charge in [0.15, 0.2) is 0 Å². The van der Waals surface area contributed by atoms with E-state index in [1.807, 2.05) is 0 Å². The Morgan fingerprint density at radius 1 is 1.62 bits per heavy atom. The number of rotatable bonds is 1. The van der Waals surface area contributed by atoms with Crippen LogP contribution in [-0.4, -0.2) is 13.2 Å². The zero-order valence-corrected chi connectivity index (χ0v) is 9.72. The van der Waals surface area contributed by atoms with Crippen LogP contribution in [0.25, 0.3) is 0 Å². The summed E-state index contributed by atoms with van der Waals surface area (Å²) in [5, 5.41) is 3.20. The molecule has 0 aliphatic rings. The highest BCUT2D eigenvalue weighted by Crippen LogP contribution is 2.22. The molecule has 1 aromatic rings. The molecule has 0 atom stereocenters. The Kier molecular flexibility index (Phi) is 3.80. The highest BCUT2D eigenvalue weighted by Gasteiger charge is 2.04. The van der Waals surface area contributed by atoms with Crippen molar-refractivity contribution in [3.8, 4) is 0 Å². The first kappa shape index (κ1) is 10.6. The van der Waals surface area contributed by atoms with Crippen molar-refractivity contribution >= 4 is 46.0 Å². The maximum Gasteiger partial charge on any atom is 0.411 e. The van der Waals surface area contributed by atoms with Crippen LogP contribution in [0.4, 0.5) is 10.5 Å². The number of anilines is 1. The molecular weight excluding hydrogens is 304 g/mol. The summed E-state index contributed by atoms with van der Waals surface area (Å²) in [6, 6.07) is 5.18. The van der Waals surface area contributed by atoms with Crippen molar-refractivity contribution in [3.05, 3.63) is 26.8 Å². The van der Waals surface area contributed by atoms with Crippen molar-refractivity contribution < 1.29 is 9.53 Å². The number of hydrogen-bond acceptors (Lipinski definition) is 2. The van der Waals surface area contributed by atoms with Gasteiger partial charge in [-0.25, -0.2) is 4.79 Å². The zero-order chi connectivity index (χ0) is 9.84. The van der Waals surface area contributed by atoms with Crippen molar-refractivity contribution in [1.29, 1.82) is 0 Å². The number of ether oxygens (including phenoxy) is 1. The number of nitrogens with one attached hydrogen (secondary N) is 1. The van der Waals surface area contributed by atoms with Crippen LogP contribution in [0.1, 0.15) is 0 Å². The summed E-state index contributed by atoms with van der Waals surface area (Å²) in [6.45, 7) is 0. The molecule has 1 N–H and O–H groups in total. The van der Waals surface area contributed by atoms with Gasteiger partial charge in [-0.3, -0.25) is 5.32 Å². The summed E-state index contributed by atoms with van der Waals surface area (Å²) in [4.78, 5) is 10.8. The number of amides is 1. The monoisotopic (exact) mass is 311 g/mol. The molecule has 0 aliphatic heterocycles. The lowest BCUT2D eigenvalue weighted by Gasteiger charge is -2.05. The predicted molar refractivity (Wildman–Crippen MR) is 60.2 cm³/mol. The van der Waals surface area contributed by atoms with Crippen LogP contribution in [-0.2, 0) is 4.74 Å². The maximum absolute atomic E-state index is 10.8. The fourth-order valence-corrected chi connectivity index (χ4v) is 1.76. The van der Waals surface area contributed by atoms with E-state index in [1.165, 1.54) is 7.11 Å². The van der Waals surface area contributed by atoms with Gasteiger partial charge < -0.3 is 4.74 Å². The Balaban J connectivity index is 2.83. The van der Waals surface area contributed by atoms with Gasteiger partial charge in [0, 0.05) is 8.59 Å². The van der Waals surface area contributed by atoms with Gasteiger partial charge in [0.1, 0.15) is 0 Å². The molecule has 0 spiro atoms. The summed E-state index contributed by atoms with van der Waals surface area (Å²) in [6.07, 6.45) is -0.486. The summed E-state index contributed by atoms with van der Waals surface area (Å²) in [5.74, 6) is 0. The van der Waals surface area contributed by atoms with Crippen molar-refractivity contribution in [3.63, 3.8) is 0 Å². The van der Waals surface area contributed by atoms with Crippen LogP contribution in [0.15, 0.2) is 18.2 Å². The highest BCUT2D eigenvalue weighted by molar-refractivity contribution is 14.1. The lowest BCUT2D eigenvalue weighted by molar-refractivity contribution is 0.187. The number of halogens is 2. The highest BCUT2D eigenvalue weighted by atomic mass is 127. The van der Waals surface area contributed by atoms with Crippen LogP contribution < -0.4 is 5.32 Å². The smallest absolute Gasteiger partial charge is 0.411 e. The normalized spacial score (nSPS) is 9.46. The first-order valence-electron chi connectivity index (χ1n) is 3.43. The molecule has 3 nitrogen and oxygen atoms in total. The third kappa shape index (κ3) is 3.04. The summed E-state index contributed by atoms with van der Waals surface area (Å²) >= 11 is 7.82. The molecular formula is C8H7ClINO2. The van der Waals surface area contributed by atoms with E-state index < -0.39 is 6.09 Å². The van der Waals surface area contributed by atoms with Crippen LogP contribution in [0, 0.1) is 3.57 Å². The fraction of sp³-hybridized carbons (Fsp3) is 0.125. The van der Waals surface area contributed by atoms with Crippen LogP contribution >= 0.6 is 34.2 Å². The molecule has 0 bridgehead atoms. The maximum atomic E-state index is 10.8.